The van der Waals surface area contributed by atoms with E-state index in [2.05, 4.69) is 15.0 Å². The largest absolute Gasteiger partial charge is 0.468 e. The van der Waals surface area contributed by atoms with Gasteiger partial charge in [-0.1, -0.05) is 30.3 Å². The van der Waals surface area contributed by atoms with Crippen LogP contribution < -0.4 is 10.1 Å². The van der Waals surface area contributed by atoms with Crippen LogP contribution in [-0.4, -0.2) is 42.8 Å². The van der Waals surface area contributed by atoms with Gasteiger partial charge in [0.15, 0.2) is 6.61 Å². The Hall–Kier alpha value is -3.10. The van der Waals surface area contributed by atoms with E-state index in [4.69, 9.17) is 4.74 Å². The Bertz CT molecular complexity index is 796. The maximum Gasteiger partial charge on any atom is 0.422 e. The number of halogens is 3. The minimum Gasteiger partial charge on any atom is -0.468 e. The number of aromatic nitrogens is 1. The van der Waals surface area contributed by atoms with Crippen LogP contribution in [0.1, 0.15) is 22.8 Å². The molecule has 2 rings (SSSR count). The number of benzene rings is 1. The molecule has 0 saturated carbocycles. The summed E-state index contributed by atoms with van der Waals surface area (Å²) < 4.78 is 46.0. The molecule has 29 heavy (non-hydrogen) atoms. The van der Waals surface area contributed by atoms with E-state index in [9.17, 15) is 22.8 Å². The van der Waals surface area contributed by atoms with Crippen molar-refractivity contribution in [1.82, 2.24) is 10.3 Å². The Morgan fingerprint density at radius 3 is 2.45 bits per heavy atom. The molecule has 1 heterocycles. The van der Waals surface area contributed by atoms with E-state index < -0.39 is 30.6 Å². The predicted octanol–water partition coefficient (Wildman–Crippen LogP) is 3.17. The van der Waals surface area contributed by atoms with Crippen molar-refractivity contribution in [2.75, 3.05) is 19.8 Å². The molecule has 1 amide bonds. The summed E-state index contributed by atoms with van der Waals surface area (Å²) in [5, 5.41) is 2.63. The first-order valence-electron chi connectivity index (χ1n) is 8.93. The highest BCUT2D eigenvalue weighted by Crippen LogP contribution is 2.17. The molecule has 0 aliphatic rings. The summed E-state index contributed by atoms with van der Waals surface area (Å²) in [5.41, 5.74) is 1.05. The van der Waals surface area contributed by atoms with Gasteiger partial charge in [-0.2, -0.15) is 13.2 Å². The fourth-order valence-electron chi connectivity index (χ4n) is 2.47. The number of ether oxygens (including phenoxy) is 2. The lowest BCUT2D eigenvalue weighted by atomic mass is 9.99. The molecule has 0 fully saturated rings. The number of carbonyl (C=O) groups is 2. The minimum absolute atomic E-state index is 0.0406. The number of amides is 1. The van der Waals surface area contributed by atoms with Crippen LogP contribution in [0.4, 0.5) is 13.2 Å². The van der Waals surface area contributed by atoms with E-state index in [1.165, 1.54) is 12.1 Å². The van der Waals surface area contributed by atoms with Gasteiger partial charge in [-0.05, 0) is 25.0 Å². The van der Waals surface area contributed by atoms with E-state index in [0.717, 1.165) is 11.8 Å². The highest BCUT2D eigenvalue weighted by molar-refractivity contribution is 5.94. The standard InChI is InChI=1S/C20H21F3N2O4/c1-2-28-19(27)16(10-14-6-4-3-5-7-14)12-25-18(26)15-8-9-17(24-11-15)29-13-20(21,22)23/h3-9,11,16H,2,10,12-13H2,1H3,(H,25,26). The third kappa shape index (κ3) is 7.81. The quantitative estimate of drug-likeness (QED) is 0.643. The van der Waals surface area contributed by atoms with Crippen LogP contribution in [0.3, 0.4) is 0 Å². The van der Waals surface area contributed by atoms with Crippen molar-refractivity contribution in [1.29, 1.82) is 0 Å². The SMILES string of the molecule is CCOC(=O)C(CNC(=O)c1ccc(OCC(F)(F)F)nc1)Cc1ccccc1. The van der Waals surface area contributed by atoms with Crippen LogP contribution in [0.15, 0.2) is 48.7 Å². The van der Waals surface area contributed by atoms with Gasteiger partial charge < -0.3 is 14.8 Å². The Labute approximate surface area is 166 Å². The van der Waals surface area contributed by atoms with Gasteiger partial charge in [0.1, 0.15) is 0 Å². The molecule has 156 valence electrons. The van der Waals surface area contributed by atoms with Crippen LogP contribution >= 0.6 is 0 Å². The number of alkyl halides is 3. The first-order valence-corrected chi connectivity index (χ1v) is 8.93. The zero-order valence-corrected chi connectivity index (χ0v) is 15.7. The van der Waals surface area contributed by atoms with Gasteiger partial charge in [0.25, 0.3) is 5.91 Å². The second-order valence-electron chi connectivity index (χ2n) is 6.14. The lowest BCUT2D eigenvalue weighted by Gasteiger charge is -2.16. The number of rotatable bonds is 9. The zero-order chi connectivity index (χ0) is 21.3. The fourth-order valence-corrected chi connectivity index (χ4v) is 2.47. The molecule has 0 spiro atoms. The summed E-state index contributed by atoms with van der Waals surface area (Å²) in [6.45, 7) is 0.497. The van der Waals surface area contributed by atoms with Gasteiger partial charge in [0.05, 0.1) is 18.1 Å². The van der Waals surface area contributed by atoms with Crippen LogP contribution in [0.5, 0.6) is 5.88 Å². The van der Waals surface area contributed by atoms with E-state index in [1.807, 2.05) is 30.3 Å². The fraction of sp³-hybridized carbons (Fsp3) is 0.350. The number of hydrogen-bond donors (Lipinski definition) is 1. The van der Waals surface area contributed by atoms with Gasteiger partial charge in [-0.3, -0.25) is 9.59 Å². The average molecular weight is 410 g/mol. The molecule has 6 nitrogen and oxygen atoms in total. The molecule has 1 aromatic carbocycles. The van der Waals surface area contributed by atoms with Crippen molar-refractivity contribution >= 4 is 11.9 Å². The molecule has 1 unspecified atom stereocenters. The van der Waals surface area contributed by atoms with Crippen molar-refractivity contribution in [3.63, 3.8) is 0 Å². The Morgan fingerprint density at radius 2 is 1.86 bits per heavy atom. The molecule has 9 heteroatoms. The molecule has 1 N–H and O–H groups in total. The number of hydrogen-bond acceptors (Lipinski definition) is 5. The monoisotopic (exact) mass is 410 g/mol. The van der Waals surface area contributed by atoms with Gasteiger partial charge in [-0.15, -0.1) is 0 Å². The molecule has 1 atom stereocenters. The summed E-state index contributed by atoms with van der Waals surface area (Å²) in [6, 6.07) is 11.8. The summed E-state index contributed by atoms with van der Waals surface area (Å²) in [4.78, 5) is 28.2. The second kappa shape index (κ2) is 10.4. The third-order valence-corrected chi connectivity index (χ3v) is 3.84. The van der Waals surface area contributed by atoms with Crippen molar-refractivity contribution in [2.24, 2.45) is 5.92 Å². The van der Waals surface area contributed by atoms with Gasteiger partial charge in [0.2, 0.25) is 5.88 Å². The topological polar surface area (TPSA) is 77.5 Å². The molecule has 0 aliphatic heterocycles. The third-order valence-electron chi connectivity index (χ3n) is 3.84. The average Bonchev–Trinajstić information content (AvgIpc) is 2.70. The van der Waals surface area contributed by atoms with Crippen molar-refractivity contribution in [3.8, 4) is 5.88 Å². The molecule has 0 radical (unpaired) electrons. The highest BCUT2D eigenvalue weighted by atomic mass is 19.4. The zero-order valence-electron chi connectivity index (χ0n) is 15.7. The molecule has 0 aliphatic carbocycles. The maximum atomic E-state index is 12.3. The minimum atomic E-state index is -4.47. The van der Waals surface area contributed by atoms with Gasteiger partial charge in [-0.25, -0.2) is 4.98 Å². The summed E-state index contributed by atoms with van der Waals surface area (Å²) in [5.74, 6) is -1.76. The first kappa shape index (κ1) is 22.2. The Kier molecular flexibility index (Phi) is 7.99. The molecule has 2 aromatic rings. The number of pyridine rings is 1. The van der Waals surface area contributed by atoms with Crippen molar-refractivity contribution in [3.05, 3.63) is 59.8 Å². The number of nitrogens with zero attached hydrogens (tertiary/aromatic N) is 1. The molecular formula is C20H21F3N2O4. The summed E-state index contributed by atoms with van der Waals surface area (Å²) >= 11 is 0. The highest BCUT2D eigenvalue weighted by Gasteiger charge is 2.28. The van der Waals surface area contributed by atoms with E-state index in [1.54, 1.807) is 6.92 Å². The Balaban J connectivity index is 1.95. The Morgan fingerprint density at radius 1 is 1.14 bits per heavy atom. The smallest absolute Gasteiger partial charge is 0.422 e. The summed E-state index contributed by atoms with van der Waals surface area (Å²) in [7, 11) is 0. The number of carbonyl (C=O) groups excluding carboxylic acids is 2. The first-order chi connectivity index (χ1) is 13.8. The van der Waals surface area contributed by atoms with Crippen molar-refractivity contribution in [2.45, 2.75) is 19.5 Å². The van der Waals surface area contributed by atoms with Crippen LogP contribution in [-0.2, 0) is 16.0 Å². The van der Waals surface area contributed by atoms with Crippen molar-refractivity contribution < 1.29 is 32.2 Å². The van der Waals surface area contributed by atoms with Gasteiger partial charge in [0, 0.05) is 18.8 Å². The van der Waals surface area contributed by atoms with Gasteiger partial charge >= 0.3 is 12.1 Å². The van der Waals surface area contributed by atoms with E-state index in [0.29, 0.717) is 6.42 Å². The molecular weight excluding hydrogens is 389 g/mol. The lowest BCUT2D eigenvalue weighted by Crippen LogP contribution is -2.35. The predicted molar refractivity (Wildman–Crippen MR) is 98.4 cm³/mol. The summed E-state index contributed by atoms with van der Waals surface area (Å²) in [6.07, 6.45) is -2.97. The molecule has 0 saturated heterocycles. The number of nitrogens with one attached hydrogen (secondary N) is 1. The van der Waals surface area contributed by atoms with E-state index in [-0.39, 0.29) is 24.6 Å². The van der Waals surface area contributed by atoms with Crippen LogP contribution in [0.2, 0.25) is 0 Å². The van der Waals surface area contributed by atoms with Crippen LogP contribution in [0.25, 0.3) is 0 Å². The van der Waals surface area contributed by atoms with Crippen LogP contribution in [0, 0.1) is 5.92 Å². The molecule has 0 bridgehead atoms. The normalized spacial score (nSPS) is 12.1. The second-order valence-corrected chi connectivity index (χ2v) is 6.14. The van der Waals surface area contributed by atoms with E-state index >= 15 is 0 Å². The lowest BCUT2D eigenvalue weighted by molar-refractivity contribution is -0.154. The number of esters is 1. The maximum absolute atomic E-state index is 12.3. The molecule has 1 aromatic heterocycles.